The standard InChI is InChI=1S/C6H12N2O2/c1-5(8(2)3)7-6(9)10-4/h1-4H3/b7-5-. The molecule has 0 heterocycles. The quantitative estimate of drug-likeness (QED) is 0.372. The van der Waals surface area contributed by atoms with Crippen LogP contribution in [0.4, 0.5) is 4.79 Å². The summed E-state index contributed by atoms with van der Waals surface area (Å²) in [6.45, 7) is 1.73. The zero-order chi connectivity index (χ0) is 8.15. The van der Waals surface area contributed by atoms with Gasteiger partial charge in [0, 0.05) is 14.1 Å². The minimum absolute atomic E-state index is 0.564. The first-order valence-electron chi connectivity index (χ1n) is 2.88. The molecule has 1 amide bonds. The van der Waals surface area contributed by atoms with Crippen molar-refractivity contribution in [1.82, 2.24) is 4.90 Å². The van der Waals surface area contributed by atoms with E-state index in [4.69, 9.17) is 0 Å². The molecule has 0 fully saturated rings. The highest BCUT2D eigenvalue weighted by atomic mass is 16.5. The van der Waals surface area contributed by atoms with Gasteiger partial charge in [0.25, 0.3) is 0 Å². The molecule has 0 aromatic carbocycles. The third kappa shape index (κ3) is 3.06. The molecule has 0 saturated heterocycles. The Morgan fingerprint density at radius 2 is 2.00 bits per heavy atom. The van der Waals surface area contributed by atoms with E-state index in [1.54, 1.807) is 11.8 Å². The van der Waals surface area contributed by atoms with Gasteiger partial charge >= 0.3 is 6.09 Å². The number of carbonyl (C=O) groups is 1. The first kappa shape index (κ1) is 8.94. The summed E-state index contributed by atoms with van der Waals surface area (Å²) in [5, 5.41) is 0. The van der Waals surface area contributed by atoms with Gasteiger partial charge in [-0.1, -0.05) is 0 Å². The summed E-state index contributed by atoms with van der Waals surface area (Å²) >= 11 is 0. The average Bonchev–Trinajstić information content (AvgIpc) is 1.87. The Labute approximate surface area is 60.5 Å². The third-order valence-electron chi connectivity index (χ3n) is 1.07. The van der Waals surface area contributed by atoms with Crippen molar-refractivity contribution in [3.63, 3.8) is 0 Å². The van der Waals surface area contributed by atoms with E-state index in [1.807, 2.05) is 14.1 Å². The molecule has 0 saturated carbocycles. The third-order valence-corrected chi connectivity index (χ3v) is 1.07. The van der Waals surface area contributed by atoms with E-state index in [0.717, 1.165) is 0 Å². The highest BCUT2D eigenvalue weighted by molar-refractivity contribution is 5.89. The van der Waals surface area contributed by atoms with Crippen molar-refractivity contribution < 1.29 is 9.53 Å². The van der Waals surface area contributed by atoms with Gasteiger partial charge in [-0.3, -0.25) is 0 Å². The van der Waals surface area contributed by atoms with E-state index in [1.165, 1.54) is 7.11 Å². The highest BCUT2D eigenvalue weighted by Gasteiger charge is 1.97. The number of aliphatic imine (C=N–C) groups is 1. The van der Waals surface area contributed by atoms with Gasteiger partial charge in [0.1, 0.15) is 5.84 Å². The Morgan fingerprint density at radius 3 is 2.30 bits per heavy atom. The molecule has 0 aliphatic carbocycles. The van der Waals surface area contributed by atoms with E-state index in [2.05, 4.69) is 9.73 Å². The molecule has 0 rings (SSSR count). The Balaban J connectivity index is 4.03. The molecule has 0 aliphatic heterocycles. The number of hydrogen-bond donors (Lipinski definition) is 0. The normalized spacial score (nSPS) is 11.0. The Hall–Kier alpha value is -1.06. The number of amides is 1. The summed E-state index contributed by atoms with van der Waals surface area (Å²) in [5.74, 6) is 0.631. The summed E-state index contributed by atoms with van der Waals surface area (Å²) < 4.78 is 4.32. The molecule has 4 nitrogen and oxygen atoms in total. The average molecular weight is 144 g/mol. The molecule has 0 aromatic heterocycles. The second-order valence-electron chi connectivity index (χ2n) is 2.02. The predicted octanol–water partition coefficient (Wildman–Crippen LogP) is 0.733. The van der Waals surface area contributed by atoms with Crippen molar-refractivity contribution in [2.75, 3.05) is 21.2 Å². The molecule has 0 spiro atoms. The first-order valence-corrected chi connectivity index (χ1v) is 2.88. The van der Waals surface area contributed by atoms with Crippen molar-refractivity contribution in [3.8, 4) is 0 Å². The van der Waals surface area contributed by atoms with E-state index >= 15 is 0 Å². The van der Waals surface area contributed by atoms with Crippen LogP contribution in [0.15, 0.2) is 4.99 Å². The van der Waals surface area contributed by atoms with Gasteiger partial charge in [0.2, 0.25) is 0 Å². The van der Waals surface area contributed by atoms with Gasteiger partial charge in [0.05, 0.1) is 7.11 Å². The Kier molecular flexibility index (Phi) is 3.46. The second-order valence-corrected chi connectivity index (χ2v) is 2.02. The monoisotopic (exact) mass is 144 g/mol. The molecule has 0 radical (unpaired) electrons. The van der Waals surface area contributed by atoms with Gasteiger partial charge in [-0.25, -0.2) is 4.79 Å². The van der Waals surface area contributed by atoms with Crippen LogP contribution in [0.2, 0.25) is 0 Å². The lowest BCUT2D eigenvalue weighted by atomic mass is 10.6. The smallest absolute Gasteiger partial charge is 0.434 e. The zero-order valence-electron chi connectivity index (χ0n) is 6.71. The lowest BCUT2D eigenvalue weighted by Gasteiger charge is -2.09. The van der Waals surface area contributed by atoms with Crippen LogP contribution < -0.4 is 0 Å². The molecular formula is C6H12N2O2. The molecule has 10 heavy (non-hydrogen) atoms. The summed E-state index contributed by atoms with van der Waals surface area (Å²) in [4.78, 5) is 15.8. The predicted molar refractivity (Wildman–Crippen MR) is 39.2 cm³/mol. The topological polar surface area (TPSA) is 41.9 Å². The molecule has 0 aromatic rings. The maximum atomic E-state index is 10.5. The van der Waals surface area contributed by atoms with E-state index in [9.17, 15) is 4.79 Å². The van der Waals surface area contributed by atoms with Crippen molar-refractivity contribution in [1.29, 1.82) is 0 Å². The van der Waals surface area contributed by atoms with Gasteiger partial charge < -0.3 is 9.64 Å². The Bertz CT molecular complexity index is 152. The lowest BCUT2D eigenvalue weighted by Crippen LogP contribution is -2.19. The van der Waals surface area contributed by atoms with E-state index in [-0.39, 0.29) is 0 Å². The molecule has 0 aliphatic rings. The molecule has 58 valence electrons. The van der Waals surface area contributed by atoms with E-state index < -0.39 is 6.09 Å². The summed E-state index contributed by atoms with van der Waals surface area (Å²) in [5.41, 5.74) is 0. The molecule has 0 unspecified atom stereocenters. The van der Waals surface area contributed by atoms with Crippen LogP contribution in [0.25, 0.3) is 0 Å². The van der Waals surface area contributed by atoms with Crippen LogP contribution in [0, 0.1) is 0 Å². The number of nitrogens with zero attached hydrogens (tertiary/aromatic N) is 2. The molecular weight excluding hydrogens is 132 g/mol. The van der Waals surface area contributed by atoms with Gasteiger partial charge in [-0.15, -0.1) is 0 Å². The van der Waals surface area contributed by atoms with Crippen LogP contribution >= 0.6 is 0 Å². The van der Waals surface area contributed by atoms with Crippen molar-refractivity contribution in [3.05, 3.63) is 0 Å². The minimum atomic E-state index is -0.564. The van der Waals surface area contributed by atoms with Crippen LogP contribution in [0.1, 0.15) is 6.92 Å². The zero-order valence-corrected chi connectivity index (χ0v) is 6.71. The number of hydrogen-bond acceptors (Lipinski definition) is 2. The highest BCUT2D eigenvalue weighted by Crippen LogP contribution is 1.85. The number of carbonyl (C=O) groups excluding carboxylic acids is 1. The minimum Gasteiger partial charge on any atom is -0.451 e. The fourth-order valence-electron chi connectivity index (χ4n) is 0.278. The lowest BCUT2D eigenvalue weighted by molar-refractivity contribution is 0.182. The van der Waals surface area contributed by atoms with Gasteiger partial charge in [-0.05, 0) is 6.92 Å². The van der Waals surface area contributed by atoms with Crippen LogP contribution in [-0.4, -0.2) is 38.0 Å². The Morgan fingerprint density at radius 1 is 1.50 bits per heavy atom. The second kappa shape index (κ2) is 3.87. The van der Waals surface area contributed by atoms with Crippen LogP contribution in [-0.2, 0) is 4.74 Å². The fraction of sp³-hybridized carbons (Fsp3) is 0.667. The van der Waals surface area contributed by atoms with Gasteiger partial charge in [-0.2, -0.15) is 4.99 Å². The summed E-state index contributed by atoms with van der Waals surface area (Å²) in [7, 11) is 4.92. The molecule has 0 N–H and O–H groups in total. The van der Waals surface area contributed by atoms with E-state index in [0.29, 0.717) is 5.84 Å². The van der Waals surface area contributed by atoms with Crippen LogP contribution in [0.5, 0.6) is 0 Å². The number of rotatable bonds is 0. The van der Waals surface area contributed by atoms with Crippen molar-refractivity contribution in [2.45, 2.75) is 6.92 Å². The number of ether oxygens (including phenoxy) is 1. The summed E-state index contributed by atoms with van der Waals surface area (Å²) in [6.07, 6.45) is -0.564. The first-order chi connectivity index (χ1) is 4.57. The van der Waals surface area contributed by atoms with Crippen molar-refractivity contribution in [2.24, 2.45) is 4.99 Å². The number of methoxy groups -OCH3 is 1. The number of amidine groups is 1. The molecule has 0 bridgehead atoms. The summed E-state index contributed by atoms with van der Waals surface area (Å²) in [6, 6.07) is 0. The maximum Gasteiger partial charge on any atom is 0.434 e. The molecule has 0 atom stereocenters. The van der Waals surface area contributed by atoms with Crippen LogP contribution in [0.3, 0.4) is 0 Å². The van der Waals surface area contributed by atoms with Gasteiger partial charge in [0.15, 0.2) is 0 Å². The maximum absolute atomic E-state index is 10.5. The molecule has 4 heteroatoms. The SMILES string of the molecule is COC(=O)/N=C(/C)N(C)C. The largest absolute Gasteiger partial charge is 0.451 e. The van der Waals surface area contributed by atoms with Crippen molar-refractivity contribution >= 4 is 11.9 Å². The fourth-order valence-corrected chi connectivity index (χ4v) is 0.278.